The molecule has 0 saturated carbocycles. The van der Waals surface area contributed by atoms with E-state index in [1.54, 1.807) is 19.3 Å². The first kappa shape index (κ1) is 19.7. The lowest BCUT2D eigenvalue weighted by molar-refractivity contribution is -0.116. The Balaban J connectivity index is 2.01. The van der Waals surface area contributed by atoms with Crippen LogP contribution in [-0.4, -0.2) is 37.6 Å². The minimum Gasteiger partial charge on any atom is -0.497 e. The maximum absolute atomic E-state index is 12.3. The lowest BCUT2D eigenvalue weighted by Crippen LogP contribution is -2.37. The Hall–Kier alpha value is -2.59. The first-order valence-corrected chi connectivity index (χ1v) is 9.06. The molecule has 0 aromatic heterocycles. The van der Waals surface area contributed by atoms with E-state index in [4.69, 9.17) is 4.74 Å². The van der Waals surface area contributed by atoms with E-state index < -0.39 is 0 Å². The third-order valence-corrected chi connectivity index (χ3v) is 4.43. The van der Waals surface area contributed by atoms with E-state index in [9.17, 15) is 4.79 Å². The monoisotopic (exact) mass is 352 g/mol. The summed E-state index contributed by atoms with van der Waals surface area (Å²) in [6.45, 7) is 6.73. The number of nitrogens with zero attached hydrogens (tertiary/aromatic N) is 1. The smallest absolute Gasteiger partial charge is 0.244 e. The van der Waals surface area contributed by atoms with Crippen molar-refractivity contribution in [1.82, 2.24) is 10.2 Å². The van der Waals surface area contributed by atoms with Crippen LogP contribution in [-0.2, 0) is 4.79 Å². The predicted molar refractivity (Wildman–Crippen MR) is 107 cm³/mol. The fraction of sp³-hybridized carbons (Fsp3) is 0.318. The minimum absolute atomic E-state index is 0.0964. The summed E-state index contributed by atoms with van der Waals surface area (Å²) in [5, 5.41) is 3.03. The van der Waals surface area contributed by atoms with Gasteiger partial charge in [-0.1, -0.05) is 56.3 Å². The molecule has 138 valence electrons. The Kier molecular flexibility index (Phi) is 7.90. The van der Waals surface area contributed by atoms with E-state index >= 15 is 0 Å². The Bertz CT molecular complexity index is 709. The summed E-state index contributed by atoms with van der Waals surface area (Å²) < 4.78 is 5.20. The summed E-state index contributed by atoms with van der Waals surface area (Å²) in [6.07, 6.45) is 3.37. The molecule has 0 bridgehead atoms. The van der Waals surface area contributed by atoms with Crippen molar-refractivity contribution in [3.8, 4) is 5.75 Å². The summed E-state index contributed by atoms with van der Waals surface area (Å²) >= 11 is 0. The molecule has 1 amide bonds. The molecule has 0 radical (unpaired) electrons. The number of benzene rings is 2. The van der Waals surface area contributed by atoms with E-state index in [0.717, 1.165) is 24.4 Å². The molecule has 1 atom stereocenters. The van der Waals surface area contributed by atoms with Crippen LogP contribution in [0, 0.1) is 0 Å². The number of nitrogens with one attached hydrogen (secondary N) is 1. The van der Waals surface area contributed by atoms with Crippen molar-refractivity contribution in [2.45, 2.75) is 19.9 Å². The predicted octanol–water partition coefficient (Wildman–Crippen LogP) is 3.91. The zero-order valence-corrected chi connectivity index (χ0v) is 15.8. The molecule has 0 heterocycles. The normalized spacial score (nSPS) is 12.3. The summed E-state index contributed by atoms with van der Waals surface area (Å²) in [5.41, 5.74) is 2.15. The Morgan fingerprint density at radius 2 is 1.85 bits per heavy atom. The molecule has 2 rings (SSSR count). The summed E-state index contributed by atoms with van der Waals surface area (Å²) in [6, 6.07) is 18.1. The molecule has 0 saturated heterocycles. The number of ether oxygens (including phenoxy) is 1. The highest BCUT2D eigenvalue weighted by Crippen LogP contribution is 2.19. The number of hydrogen-bond acceptors (Lipinski definition) is 3. The second-order valence-electron chi connectivity index (χ2n) is 6.00. The van der Waals surface area contributed by atoms with E-state index in [1.807, 2.05) is 42.5 Å². The van der Waals surface area contributed by atoms with Gasteiger partial charge < -0.3 is 10.1 Å². The van der Waals surface area contributed by atoms with Crippen molar-refractivity contribution in [3.05, 3.63) is 71.8 Å². The Morgan fingerprint density at radius 3 is 2.50 bits per heavy atom. The van der Waals surface area contributed by atoms with Gasteiger partial charge in [0.2, 0.25) is 5.91 Å². The third kappa shape index (κ3) is 5.74. The molecule has 1 N–H and O–H groups in total. The summed E-state index contributed by atoms with van der Waals surface area (Å²) in [7, 11) is 1.63. The number of carbonyl (C=O) groups is 1. The number of hydrogen-bond donors (Lipinski definition) is 1. The van der Waals surface area contributed by atoms with Gasteiger partial charge in [-0.2, -0.15) is 0 Å². The number of amides is 1. The highest BCUT2D eigenvalue weighted by atomic mass is 16.5. The van der Waals surface area contributed by atoms with E-state index in [0.29, 0.717) is 6.54 Å². The number of carbonyl (C=O) groups excluding carboxylic acids is 1. The molecule has 0 aliphatic carbocycles. The lowest BCUT2D eigenvalue weighted by Gasteiger charge is -2.30. The van der Waals surface area contributed by atoms with Crippen molar-refractivity contribution >= 4 is 12.0 Å². The Morgan fingerprint density at radius 1 is 1.12 bits per heavy atom. The molecular formula is C22H28N2O2. The van der Waals surface area contributed by atoms with Gasteiger partial charge in [0.25, 0.3) is 0 Å². The maximum Gasteiger partial charge on any atom is 0.244 e. The quantitative estimate of drug-likeness (QED) is 0.696. The first-order chi connectivity index (χ1) is 12.7. The third-order valence-electron chi connectivity index (χ3n) is 4.43. The van der Waals surface area contributed by atoms with Crippen LogP contribution >= 0.6 is 0 Å². The van der Waals surface area contributed by atoms with Crippen molar-refractivity contribution in [1.29, 1.82) is 0 Å². The van der Waals surface area contributed by atoms with Crippen molar-refractivity contribution < 1.29 is 9.53 Å². The second-order valence-corrected chi connectivity index (χ2v) is 6.00. The molecule has 26 heavy (non-hydrogen) atoms. The van der Waals surface area contributed by atoms with Crippen molar-refractivity contribution in [3.63, 3.8) is 0 Å². The fourth-order valence-corrected chi connectivity index (χ4v) is 2.97. The van der Waals surface area contributed by atoms with Crippen LogP contribution < -0.4 is 10.1 Å². The first-order valence-electron chi connectivity index (χ1n) is 9.06. The van der Waals surface area contributed by atoms with Crippen molar-refractivity contribution in [2.24, 2.45) is 0 Å². The van der Waals surface area contributed by atoms with Gasteiger partial charge in [0.1, 0.15) is 5.75 Å². The van der Waals surface area contributed by atoms with Gasteiger partial charge in [-0.25, -0.2) is 0 Å². The van der Waals surface area contributed by atoms with Gasteiger partial charge in [-0.3, -0.25) is 9.69 Å². The fourth-order valence-electron chi connectivity index (χ4n) is 2.97. The molecule has 2 aromatic rings. The van der Waals surface area contributed by atoms with Gasteiger partial charge in [-0.15, -0.1) is 0 Å². The molecule has 0 aliphatic rings. The van der Waals surface area contributed by atoms with Crippen LogP contribution in [0.1, 0.15) is 31.0 Å². The molecule has 2 aromatic carbocycles. The highest BCUT2D eigenvalue weighted by molar-refractivity contribution is 5.91. The van der Waals surface area contributed by atoms with Crippen LogP contribution in [0.4, 0.5) is 0 Å². The van der Waals surface area contributed by atoms with E-state index in [2.05, 4.69) is 36.2 Å². The lowest BCUT2D eigenvalue weighted by atomic mass is 10.1. The molecule has 0 spiro atoms. The number of methoxy groups -OCH3 is 1. The zero-order valence-electron chi connectivity index (χ0n) is 15.8. The van der Waals surface area contributed by atoms with Crippen LogP contribution in [0.5, 0.6) is 5.75 Å². The van der Waals surface area contributed by atoms with Gasteiger partial charge in [-0.05, 0) is 42.4 Å². The molecular weight excluding hydrogens is 324 g/mol. The topological polar surface area (TPSA) is 41.6 Å². The average Bonchev–Trinajstić information content (AvgIpc) is 2.70. The molecule has 0 aliphatic heterocycles. The molecule has 0 unspecified atom stereocenters. The summed E-state index contributed by atoms with van der Waals surface area (Å²) in [5.74, 6) is 0.680. The van der Waals surface area contributed by atoms with Gasteiger partial charge in [0.15, 0.2) is 0 Å². The van der Waals surface area contributed by atoms with Crippen molar-refractivity contribution in [2.75, 3.05) is 26.7 Å². The van der Waals surface area contributed by atoms with Gasteiger partial charge >= 0.3 is 0 Å². The molecule has 0 fully saturated rings. The van der Waals surface area contributed by atoms with Gasteiger partial charge in [0.05, 0.1) is 13.2 Å². The highest BCUT2D eigenvalue weighted by Gasteiger charge is 2.18. The maximum atomic E-state index is 12.3. The van der Waals surface area contributed by atoms with Gasteiger partial charge in [0, 0.05) is 12.6 Å². The van der Waals surface area contributed by atoms with Crippen LogP contribution in [0.15, 0.2) is 60.7 Å². The van der Waals surface area contributed by atoms with E-state index in [-0.39, 0.29) is 11.9 Å². The zero-order chi connectivity index (χ0) is 18.8. The van der Waals surface area contributed by atoms with E-state index in [1.165, 1.54) is 5.56 Å². The SMILES string of the molecule is CCN(CC)[C@@H](CNC(=O)/C=C/c1cccc(OC)c1)c1ccccc1. The van der Waals surface area contributed by atoms with Crippen LogP contribution in [0.3, 0.4) is 0 Å². The Labute approximate surface area is 156 Å². The largest absolute Gasteiger partial charge is 0.497 e. The number of likely N-dealkylation sites (N-methyl/N-ethyl adjacent to an activating group) is 1. The number of rotatable bonds is 9. The average molecular weight is 352 g/mol. The minimum atomic E-state index is -0.0964. The summed E-state index contributed by atoms with van der Waals surface area (Å²) in [4.78, 5) is 14.6. The molecule has 4 nitrogen and oxygen atoms in total. The standard InChI is InChI=1S/C22H28N2O2/c1-4-24(5-2)21(19-11-7-6-8-12-19)17-23-22(25)15-14-18-10-9-13-20(16-18)26-3/h6-16,21H,4-5,17H2,1-3H3,(H,23,25)/b15-14+/t21-/m0/s1. The second kappa shape index (κ2) is 10.4. The molecule has 4 heteroatoms. The van der Waals surface area contributed by atoms with Crippen LogP contribution in [0.25, 0.3) is 6.08 Å². The van der Waals surface area contributed by atoms with Crippen LogP contribution in [0.2, 0.25) is 0 Å².